The van der Waals surface area contributed by atoms with Gasteiger partial charge in [-0.2, -0.15) is 0 Å². The number of methoxy groups -OCH3 is 1. The van der Waals surface area contributed by atoms with E-state index in [4.69, 9.17) is 4.74 Å². The Morgan fingerprint density at radius 2 is 2.21 bits per heavy atom. The predicted octanol–water partition coefficient (Wildman–Crippen LogP) is 2.02. The summed E-state index contributed by atoms with van der Waals surface area (Å²) in [7, 11) is 1.52. The fourth-order valence-corrected chi connectivity index (χ4v) is 3.68. The Morgan fingerprint density at radius 3 is 2.89 bits per heavy atom. The van der Waals surface area contributed by atoms with E-state index in [-0.39, 0.29) is 42.7 Å². The van der Waals surface area contributed by atoms with Crippen molar-refractivity contribution in [1.29, 1.82) is 0 Å². The number of carboxylic acid groups (broad SMARTS) is 1. The van der Waals surface area contributed by atoms with E-state index in [0.29, 0.717) is 36.0 Å². The molecule has 156 valence electrons. The molecule has 1 fully saturated rings. The van der Waals surface area contributed by atoms with Gasteiger partial charge < -0.3 is 25.1 Å². The number of piperidine rings is 1. The van der Waals surface area contributed by atoms with Gasteiger partial charge in [0, 0.05) is 29.4 Å². The molecule has 2 aromatic rings. The predicted molar refractivity (Wildman–Crippen MR) is 106 cm³/mol. The first-order chi connectivity index (χ1) is 12.5. The number of fused-ring (bicyclic) bond motifs is 1. The van der Waals surface area contributed by atoms with Crippen molar-refractivity contribution in [2.24, 2.45) is 11.8 Å². The van der Waals surface area contributed by atoms with Crippen LogP contribution in [-0.2, 0) is 4.79 Å². The molecule has 3 rings (SSSR count). The Balaban J connectivity index is 0.00000196. The molecule has 6 nitrogen and oxygen atoms in total. The zero-order valence-electron chi connectivity index (χ0n) is 15.4. The number of aliphatic hydroxyl groups excluding tert-OH is 1. The highest BCUT2D eigenvalue weighted by Gasteiger charge is 2.27. The van der Waals surface area contributed by atoms with E-state index in [9.17, 15) is 19.4 Å². The molecule has 0 aliphatic carbocycles. The Labute approximate surface area is 175 Å². The molecule has 28 heavy (non-hydrogen) atoms. The third-order valence-corrected chi connectivity index (χ3v) is 5.14. The third kappa shape index (κ3) is 5.23. The van der Waals surface area contributed by atoms with Gasteiger partial charge in [-0.3, -0.25) is 4.98 Å². The van der Waals surface area contributed by atoms with E-state index in [2.05, 4.69) is 10.3 Å². The van der Waals surface area contributed by atoms with Gasteiger partial charge in [-0.15, -0.1) is 24.8 Å². The SMILES string of the molecule is COc1ccc2ncc(F)c(C(O)CCC3CCNCC3C(=O)[O-])c2c1.Cl.Cl. The van der Waals surface area contributed by atoms with Crippen molar-refractivity contribution in [3.63, 3.8) is 0 Å². The molecular formula is C19H24Cl2FN2O4-. The maximum Gasteiger partial charge on any atom is 0.147 e. The minimum Gasteiger partial charge on any atom is -0.550 e. The Morgan fingerprint density at radius 1 is 1.46 bits per heavy atom. The lowest BCUT2D eigenvalue weighted by atomic mass is 9.82. The molecular weight excluding hydrogens is 410 g/mol. The monoisotopic (exact) mass is 433 g/mol. The molecule has 9 heteroatoms. The number of ether oxygens (including phenoxy) is 1. The van der Waals surface area contributed by atoms with E-state index in [0.717, 1.165) is 12.7 Å². The number of carbonyl (C=O) groups excluding carboxylic acids is 1. The quantitative estimate of drug-likeness (QED) is 0.723. The molecule has 0 bridgehead atoms. The first-order valence-electron chi connectivity index (χ1n) is 8.73. The summed E-state index contributed by atoms with van der Waals surface area (Å²) in [6, 6.07) is 5.09. The Bertz CT molecular complexity index is 809. The van der Waals surface area contributed by atoms with E-state index in [1.54, 1.807) is 18.2 Å². The van der Waals surface area contributed by atoms with Gasteiger partial charge in [-0.05, 0) is 49.9 Å². The number of aromatic nitrogens is 1. The number of aliphatic carboxylic acids is 1. The van der Waals surface area contributed by atoms with Crippen molar-refractivity contribution >= 4 is 41.7 Å². The second kappa shape index (κ2) is 10.8. The molecule has 0 amide bonds. The van der Waals surface area contributed by atoms with Crippen LogP contribution in [0.2, 0.25) is 0 Å². The molecule has 0 saturated carbocycles. The molecule has 0 spiro atoms. The number of benzene rings is 1. The highest BCUT2D eigenvalue weighted by atomic mass is 35.5. The van der Waals surface area contributed by atoms with Gasteiger partial charge in [-0.25, -0.2) is 4.39 Å². The average Bonchev–Trinajstić information content (AvgIpc) is 2.65. The van der Waals surface area contributed by atoms with Gasteiger partial charge in [0.05, 0.1) is 24.9 Å². The van der Waals surface area contributed by atoms with Gasteiger partial charge in [0.25, 0.3) is 0 Å². The van der Waals surface area contributed by atoms with Gasteiger partial charge in [0.15, 0.2) is 0 Å². The number of aliphatic hydroxyl groups is 1. The standard InChI is InChI=1S/C19H23FN2O4.2ClH/c1-26-12-3-4-16-13(8-12)18(15(20)10-22-16)17(23)5-2-11-6-7-21-9-14(11)19(24)25;;/h3-4,8,10-11,14,17,21,23H,2,5-7,9H2,1H3,(H,24,25);2*1H/p-1. The fourth-order valence-electron chi connectivity index (χ4n) is 3.68. The maximum absolute atomic E-state index is 14.4. The number of hydrogen-bond acceptors (Lipinski definition) is 6. The van der Waals surface area contributed by atoms with Crippen LogP contribution in [-0.4, -0.2) is 36.3 Å². The molecule has 3 atom stereocenters. The fraction of sp³-hybridized carbons (Fsp3) is 0.474. The summed E-state index contributed by atoms with van der Waals surface area (Å²) in [6.45, 7) is 1.10. The molecule has 1 aromatic carbocycles. The molecule has 1 aliphatic rings. The number of hydrogen-bond donors (Lipinski definition) is 2. The number of pyridine rings is 1. The number of carbonyl (C=O) groups is 1. The van der Waals surface area contributed by atoms with Crippen LogP contribution in [0.15, 0.2) is 24.4 Å². The molecule has 0 radical (unpaired) electrons. The number of nitrogens with zero attached hydrogens (tertiary/aromatic N) is 1. The normalized spacial score (nSPS) is 20.0. The average molecular weight is 434 g/mol. The van der Waals surface area contributed by atoms with E-state index in [1.165, 1.54) is 7.11 Å². The largest absolute Gasteiger partial charge is 0.550 e. The van der Waals surface area contributed by atoms with Crippen molar-refractivity contribution in [2.75, 3.05) is 20.2 Å². The lowest BCUT2D eigenvalue weighted by Crippen LogP contribution is -2.46. The van der Waals surface area contributed by atoms with Crippen molar-refractivity contribution in [2.45, 2.75) is 25.4 Å². The lowest BCUT2D eigenvalue weighted by Gasteiger charge is -2.33. The first kappa shape index (κ1) is 24.4. The summed E-state index contributed by atoms with van der Waals surface area (Å²) in [5.41, 5.74) is 0.739. The second-order valence-corrected chi connectivity index (χ2v) is 6.67. The number of rotatable bonds is 6. The van der Waals surface area contributed by atoms with Crippen molar-refractivity contribution in [3.8, 4) is 5.75 Å². The molecule has 3 unspecified atom stereocenters. The van der Waals surface area contributed by atoms with Crippen LogP contribution < -0.4 is 15.2 Å². The summed E-state index contributed by atoms with van der Waals surface area (Å²) in [4.78, 5) is 15.3. The molecule has 2 heterocycles. The van der Waals surface area contributed by atoms with E-state index in [1.807, 2.05) is 0 Å². The number of halogens is 3. The van der Waals surface area contributed by atoms with Crippen LogP contribution in [0.5, 0.6) is 5.75 Å². The van der Waals surface area contributed by atoms with Gasteiger partial charge in [0.2, 0.25) is 0 Å². The van der Waals surface area contributed by atoms with Crippen molar-refractivity contribution in [1.82, 2.24) is 10.3 Å². The number of nitrogens with one attached hydrogen (secondary N) is 1. The van der Waals surface area contributed by atoms with Crippen LogP contribution in [0.1, 0.15) is 30.9 Å². The third-order valence-electron chi connectivity index (χ3n) is 5.14. The van der Waals surface area contributed by atoms with Gasteiger partial charge in [0.1, 0.15) is 11.6 Å². The lowest BCUT2D eigenvalue weighted by molar-refractivity contribution is -0.313. The molecule has 2 N–H and O–H groups in total. The number of carboxylic acids is 1. The summed E-state index contributed by atoms with van der Waals surface area (Å²) in [6.07, 6.45) is 1.49. The van der Waals surface area contributed by atoms with Crippen LogP contribution in [0.4, 0.5) is 4.39 Å². The molecule has 1 aliphatic heterocycles. The van der Waals surface area contributed by atoms with Crippen LogP contribution >= 0.6 is 24.8 Å². The summed E-state index contributed by atoms with van der Waals surface area (Å²) < 4.78 is 19.6. The van der Waals surface area contributed by atoms with Gasteiger partial charge >= 0.3 is 0 Å². The Kier molecular flexibility index (Phi) is 9.36. The minimum absolute atomic E-state index is 0. The van der Waals surface area contributed by atoms with Crippen LogP contribution in [0.25, 0.3) is 10.9 Å². The zero-order valence-corrected chi connectivity index (χ0v) is 17.0. The summed E-state index contributed by atoms with van der Waals surface area (Å²) in [5, 5.41) is 25.5. The van der Waals surface area contributed by atoms with E-state index < -0.39 is 23.8 Å². The summed E-state index contributed by atoms with van der Waals surface area (Å²) >= 11 is 0. The molecule has 1 aromatic heterocycles. The van der Waals surface area contributed by atoms with E-state index >= 15 is 0 Å². The van der Waals surface area contributed by atoms with Crippen LogP contribution in [0.3, 0.4) is 0 Å². The minimum atomic E-state index is -1.08. The van der Waals surface area contributed by atoms with Crippen LogP contribution in [0, 0.1) is 17.7 Å². The highest BCUT2D eigenvalue weighted by Crippen LogP contribution is 2.33. The molecule has 1 saturated heterocycles. The van der Waals surface area contributed by atoms with Gasteiger partial charge in [-0.1, -0.05) is 0 Å². The van der Waals surface area contributed by atoms with Crippen molar-refractivity contribution < 1.29 is 24.1 Å². The summed E-state index contributed by atoms with van der Waals surface area (Å²) in [5.74, 6) is -1.80. The maximum atomic E-state index is 14.4. The first-order valence-corrected chi connectivity index (χ1v) is 8.73. The topological polar surface area (TPSA) is 94.5 Å². The zero-order chi connectivity index (χ0) is 18.7. The highest BCUT2D eigenvalue weighted by molar-refractivity contribution is 5.86. The van der Waals surface area contributed by atoms with Crippen molar-refractivity contribution in [3.05, 3.63) is 35.8 Å². The smallest absolute Gasteiger partial charge is 0.147 e. The second-order valence-electron chi connectivity index (χ2n) is 6.67. The Hall–Kier alpha value is -1.67.